The van der Waals surface area contributed by atoms with Crippen molar-refractivity contribution in [3.05, 3.63) is 45.9 Å². The molecule has 1 atom stereocenters. The van der Waals surface area contributed by atoms with Crippen molar-refractivity contribution in [1.82, 2.24) is 5.32 Å². The van der Waals surface area contributed by atoms with Crippen molar-refractivity contribution < 1.29 is 13.9 Å². The molecule has 0 saturated carbocycles. The summed E-state index contributed by atoms with van der Waals surface area (Å²) in [6, 6.07) is 6.52. The first-order chi connectivity index (χ1) is 9.21. The molecule has 0 saturated heterocycles. The summed E-state index contributed by atoms with van der Waals surface area (Å²) in [5.41, 5.74) is 0.573. The average Bonchev–Trinajstić information content (AvgIpc) is 2.89. The first-order valence-electron chi connectivity index (χ1n) is 5.83. The van der Waals surface area contributed by atoms with E-state index in [9.17, 15) is 4.39 Å². The minimum atomic E-state index is -0.297. The van der Waals surface area contributed by atoms with E-state index in [1.165, 1.54) is 24.5 Å². The van der Waals surface area contributed by atoms with E-state index in [-0.39, 0.29) is 11.9 Å². The normalized spacial score (nSPS) is 12.2. The Balaban J connectivity index is 2.42. The first-order valence-corrected chi connectivity index (χ1v) is 6.71. The topological polar surface area (TPSA) is 30.5 Å². The number of hydrogen-bond acceptors (Lipinski definition) is 4. The molecule has 1 N–H and O–H groups in total. The third kappa shape index (κ3) is 2.72. The summed E-state index contributed by atoms with van der Waals surface area (Å²) in [5.74, 6) is 0.975. The zero-order valence-corrected chi connectivity index (χ0v) is 11.9. The van der Waals surface area contributed by atoms with E-state index in [1.54, 1.807) is 26.3 Å². The molecule has 0 aliphatic carbocycles. The first kappa shape index (κ1) is 13.8. The van der Waals surface area contributed by atoms with E-state index in [0.717, 1.165) is 10.6 Å². The number of rotatable bonds is 5. The molecule has 0 amide bonds. The number of methoxy groups -OCH3 is 2. The van der Waals surface area contributed by atoms with Crippen LogP contribution in [0.2, 0.25) is 0 Å². The Hall–Kier alpha value is -1.59. The van der Waals surface area contributed by atoms with Gasteiger partial charge in [0.25, 0.3) is 0 Å². The Labute approximate surface area is 116 Å². The van der Waals surface area contributed by atoms with Gasteiger partial charge in [-0.15, -0.1) is 11.3 Å². The molecular formula is C14H16FNO2S. The Morgan fingerprint density at radius 3 is 2.58 bits per heavy atom. The van der Waals surface area contributed by atoms with E-state index in [4.69, 9.17) is 9.47 Å². The van der Waals surface area contributed by atoms with Crippen molar-refractivity contribution in [2.75, 3.05) is 21.3 Å². The summed E-state index contributed by atoms with van der Waals surface area (Å²) < 4.78 is 24.5. The van der Waals surface area contributed by atoms with Gasteiger partial charge in [-0.25, -0.2) is 4.39 Å². The number of benzene rings is 1. The van der Waals surface area contributed by atoms with Crippen LogP contribution in [0.25, 0.3) is 0 Å². The van der Waals surface area contributed by atoms with E-state index < -0.39 is 0 Å². The van der Waals surface area contributed by atoms with Gasteiger partial charge in [-0.3, -0.25) is 0 Å². The molecule has 0 bridgehead atoms. The quantitative estimate of drug-likeness (QED) is 0.913. The highest BCUT2D eigenvalue weighted by molar-refractivity contribution is 7.10. The largest absolute Gasteiger partial charge is 0.497 e. The molecule has 0 spiro atoms. The number of ether oxygens (including phenoxy) is 2. The van der Waals surface area contributed by atoms with Crippen molar-refractivity contribution >= 4 is 11.3 Å². The summed E-state index contributed by atoms with van der Waals surface area (Å²) in [7, 11) is 4.93. The van der Waals surface area contributed by atoms with Gasteiger partial charge < -0.3 is 14.8 Å². The van der Waals surface area contributed by atoms with Crippen molar-refractivity contribution in [2.45, 2.75) is 6.04 Å². The van der Waals surface area contributed by atoms with Gasteiger partial charge >= 0.3 is 0 Å². The highest BCUT2D eigenvalue weighted by Gasteiger charge is 2.21. The molecule has 0 aliphatic heterocycles. The van der Waals surface area contributed by atoms with E-state index in [0.29, 0.717) is 11.3 Å². The Kier molecular flexibility index (Phi) is 4.39. The highest BCUT2D eigenvalue weighted by atomic mass is 32.1. The van der Waals surface area contributed by atoms with Crippen LogP contribution in [0.3, 0.4) is 0 Å². The lowest BCUT2D eigenvalue weighted by molar-refractivity contribution is 0.405. The van der Waals surface area contributed by atoms with Gasteiger partial charge in [0.05, 0.1) is 25.1 Å². The van der Waals surface area contributed by atoms with Gasteiger partial charge in [-0.05, 0) is 24.6 Å². The maximum Gasteiger partial charge on any atom is 0.134 e. The van der Waals surface area contributed by atoms with Crippen LogP contribution in [0.15, 0.2) is 29.6 Å². The lowest BCUT2D eigenvalue weighted by atomic mass is 10.0. The van der Waals surface area contributed by atoms with E-state index in [2.05, 4.69) is 5.32 Å². The molecule has 5 heteroatoms. The molecular weight excluding hydrogens is 265 g/mol. The molecule has 102 valence electrons. The number of hydrogen-bond donors (Lipinski definition) is 1. The predicted octanol–water partition coefficient (Wildman–Crippen LogP) is 3.21. The van der Waals surface area contributed by atoms with Crippen LogP contribution in [0.1, 0.15) is 16.5 Å². The number of nitrogens with one attached hydrogen (secondary N) is 1. The zero-order valence-electron chi connectivity index (χ0n) is 11.1. The Morgan fingerprint density at radius 1 is 1.21 bits per heavy atom. The SMILES string of the molecule is CNC(c1ccc(OC)cc1F)c1sccc1OC. The van der Waals surface area contributed by atoms with Crippen LogP contribution >= 0.6 is 11.3 Å². The maximum absolute atomic E-state index is 14.1. The van der Waals surface area contributed by atoms with E-state index >= 15 is 0 Å². The highest BCUT2D eigenvalue weighted by Crippen LogP contribution is 2.36. The molecule has 2 aromatic rings. The molecule has 1 unspecified atom stereocenters. The van der Waals surface area contributed by atoms with Gasteiger partial charge in [0.15, 0.2) is 0 Å². The monoisotopic (exact) mass is 281 g/mol. The minimum Gasteiger partial charge on any atom is -0.497 e. The lowest BCUT2D eigenvalue weighted by Crippen LogP contribution is -2.18. The zero-order chi connectivity index (χ0) is 13.8. The molecule has 3 nitrogen and oxygen atoms in total. The molecule has 19 heavy (non-hydrogen) atoms. The van der Waals surface area contributed by atoms with Crippen LogP contribution in [-0.4, -0.2) is 21.3 Å². The maximum atomic E-state index is 14.1. The fourth-order valence-electron chi connectivity index (χ4n) is 1.99. The van der Waals surface area contributed by atoms with Crippen LogP contribution < -0.4 is 14.8 Å². The minimum absolute atomic E-state index is 0.235. The average molecular weight is 281 g/mol. The molecule has 0 fully saturated rings. The molecule has 1 heterocycles. The second-order valence-electron chi connectivity index (χ2n) is 3.96. The standard InChI is InChI=1S/C14H16FNO2S/c1-16-13(14-12(18-3)6-7-19-14)10-5-4-9(17-2)8-11(10)15/h4-8,13,16H,1-3H3. The van der Waals surface area contributed by atoms with Crippen LogP contribution in [-0.2, 0) is 0 Å². The molecule has 2 rings (SSSR count). The summed E-state index contributed by atoms with van der Waals surface area (Å²) in [6.07, 6.45) is 0. The predicted molar refractivity (Wildman–Crippen MR) is 74.7 cm³/mol. The van der Waals surface area contributed by atoms with Crippen LogP contribution in [0.4, 0.5) is 4.39 Å². The second kappa shape index (κ2) is 6.04. The Bertz CT molecular complexity index is 556. The number of halogens is 1. The van der Waals surface area contributed by atoms with Crippen LogP contribution in [0, 0.1) is 5.82 Å². The van der Waals surface area contributed by atoms with Crippen molar-refractivity contribution in [3.8, 4) is 11.5 Å². The van der Waals surface area contributed by atoms with Crippen molar-refractivity contribution in [2.24, 2.45) is 0 Å². The molecule has 1 aromatic carbocycles. The summed E-state index contributed by atoms with van der Waals surface area (Å²) in [6.45, 7) is 0. The van der Waals surface area contributed by atoms with Crippen molar-refractivity contribution in [3.63, 3.8) is 0 Å². The second-order valence-corrected chi connectivity index (χ2v) is 4.91. The summed E-state index contributed by atoms with van der Waals surface area (Å²) in [5, 5.41) is 5.05. The molecule has 1 aromatic heterocycles. The van der Waals surface area contributed by atoms with Gasteiger partial charge in [-0.1, -0.05) is 6.07 Å². The number of thiophene rings is 1. The molecule has 0 radical (unpaired) electrons. The fraction of sp³-hybridized carbons (Fsp3) is 0.286. The summed E-state index contributed by atoms with van der Waals surface area (Å²) >= 11 is 1.53. The Morgan fingerprint density at radius 2 is 2.00 bits per heavy atom. The van der Waals surface area contributed by atoms with Crippen molar-refractivity contribution in [1.29, 1.82) is 0 Å². The van der Waals surface area contributed by atoms with E-state index in [1.807, 2.05) is 11.4 Å². The lowest BCUT2D eigenvalue weighted by Gasteiger charge is -2.18. The van der Waals surface area contributed by atoms with Gasteiger partial charge in [-0.2, -0.15) is 0 Å². The third-order valence-electron chi connectivity index (χ3n) is 2.95. The third-order valence-corrected chi connectivity index (χ3v) is 3.91. The molecule has 0 aliphatic rings. The van der Waals surface area contributed by atoms with Gasteiger partial charge in [0, 0.05) is 11.6 Å². The van der Waals surface area contributed by atoms with Crippen LogP contribution in [0.5, 0.6) is 11.5 Å². The smallest absolute Gasteiger partial charge is 0.134 e. The van der Waals surface area contributed by atoms with Gasteiger partial charge in [0.1, 0.15) is 17.3 Å². The van der Waals surface area contributed by atoms with Gasteiger partial charge in [0.2, 0.25) is 0 Å². The fourth-order valence-corrected chi connectivity index (χ4v) is 2.97. The summed E-state index contributed by atoms with van der Waals surface area (Å²) in [4.78, 5) is 0.953.